The van der Waals surface area contributed by atoms with Gasteiger partial charge in [0.2, 0.25) is 5.91 Å². The van der Waals surface area contributed by atoms with Crippen LogP contribution in [0.1, 0.15) is 49.7 Å². The van der Waals surface area contributed by atoms with E-state index < -0.39 is 5.54 Å². The summed E-state index contributed by atoms with van der Waals surface area (Å²) >= 11 is 3.57. The molecule has 3 aromatic rings. The summed E-state index contributed by atoms with van der Waals surface area (Å²) in [5.41, 5.74) is 3.20. The van der Waals surface area contributed by atoms with Gasteiger partial charge < -0.3 is 9.47 Å². The third-order valence-electron chi connectivity index (χ3n) is 7.43. The van der Waals surface area contributed by atoms with Crippen LogP contribution in [0.3, 0.4) is 0 Å². The maximum absolute atomic E-state index is 13.3. The van der Waals surface area contributed by atoms with Crippen molar-refractivity contribution in [1.82, 2.24) is 14.5 Å². The van der Waals surface area contributed by atoms with Crippen LogP contribution in [0.25, 0.3) is 11.4 Å². The van der Waals surface area contributed by atoms with E-state index in [0.717, 1.165) is 16.7 Å². The Labute approximate surface area is 185 Å². The van der Waals surface area contributed by atoms with Crippen LogP contribution >= 0.6 is 15.9 Å². The number of rotatable bonds is 4. The highest BCUT2D eigenvalue weighted by Crippen LogP contribution is 2.50. The van der Waals surface area contributed by atoms with Crippen molar-refractivity contribution in [3.05, 3.63) is 76.5 Å². The number of nitrogens with zero attached hydrogens (tertiary/aromatic N) is 3. The Kier molecular flexibility index (Phi) is 4.17. The number of halogens is 1. The molecule has 1 unspecified atom stereocenters. The fourth-order valence-corrected chi connectivity index (χ4v) is 6.40. The minimum Gasteiger partial charge on any atom is -0.337 e. The van der Waals surface area contributed by atoms with Crippen molar-refractivity contribution in [2.45, 2.75) is 56.1 Å². The van der Waals surface area contributed by atoms with Crippen LogP contribution in [0.5, 0.6) is 0 Å². The van der Waals surface area contributed by atoms with Gasteiger partial charge in [0, 0.05) is 40.9 Å². The van der Waals surface area contributed by atoms with Gasteiger partial charge in [0.1, 0.15) is 5.82 Å². The summed E-state index contributed by atoms with van der Waals surface area (Å²) in [4.78, 5) is 20.2. The molecule has 4 heterocycles. The van der Waals surface area contributed by atoms with E-state index in [9.17, 15) is 4.79 Å². The van der Waals surface area contributed by atoms with Gasteiger partial charge >= 0.3 is 0 Å². The Balaban J connectivity index is 1.44. The van der Waals surface area contributed by atoms with Crippen LogP contribution in [-0.4, -0.2) is 32.4 Å². The van der Waals surface area contributed by atoms with Crippen molar-refractivity contribution in [2.24, 2.45) is 0 Å². The predicted octanol–water partition coefficient (Wildman–Crippen LogP) is 5.35. The second-order valence-electron chi connectivity index (χ2n) is 8.80. The van der Waals surface area contributed by atoms with Gasteiger partial charge in [0.15, 0.2) is 0 Å². The lowest BCUT2D eigenvalue weighted by Crippen LogP contribution is -2.38. The van der Waals surface area contributed by atoms with Gasteiger partial charge in [0.25, 0.3) is 0 Å². The van der Waals surface area contributed by atoms with E-state index in [2.05, 4.69) is 85.1 Å². The Morgan fingerprint density at radius 3 is 2.47 bits per heavy atom. The molecule has 6 rings (SSSR count). The molecule has 0 spiro atoms. The zero-order valence-corrected chi connectivity index (χ0v) is 18.4. The summed E-state index contributed by atoms with van der Waals surface area (Å²) in [6, 6.07) is 18.0. The number of fused-ring (bicyclic) bond motifs is 5. The van der Waals surface area contributed by atoms with Crippen molar-refractivity contribution >= 4 is 21.8 Å². The van der Waals surface area contributed by atoms with E-state index in [1.54, 1.807) is 0 Å². The van der Waals surface area contributed by atoms with E-state index in [1.165, 1.54) is 42.4 Å². The molecule has 2 bridgehead atoms. The molecule has 4 nitrogen and oxygen atoms in total. The largest absolute Gasteiger partial charge is 0.337 e. The normalized spacial score (nSPS) is 26.1. The zero-order valence-electron chi connectivity index (χ0n) is 16.8. The number of carbonyl (C=O) groups excluding carboxylic acids is 1. The number of amides is 1. The van der Waals surface area contributed by atoms with E-state index in [1.807, 2.05) is 6.20 Å². The molecule has 1 aromatic heterocycles. The molecule has 30 heavy (non-hydrogen) atoms. The number of aromatic nitrogens is 2. The van der Waals surface area contributed by atoms with Crippen LogP contribution in [0, 0.1) is 0 Å². The van der Waals surface area contributed by atoms with Crippen LogP contribution in [-0.2, 0) is 10.3 Å². The topological polar surface area (TPSA) is 38.1 Å². The van der Waals surface area contributed by atoms with Crippen LogP contribution < -0.4 is 0 Å². The van der Waals surface area contributed by atoms with E-state index in [0.29, 0.717) is 24.4 Å². The Bertz CT molecular complexity index is 1100. The second-order valence-corrected chi connectivity index (χ2v) is 9.71. The average Bonchev–Trinajstić information content (AvgIpc) is 3.54. The van der Waals surface area contributed by atoms with Gasteiger partial charge in [-0.15, -0.1) is 0 Å². The highest BCUT2D eigenvalue weighted by molar-refractivity contribution is 9.10. The maximum atomic E-state index is 13.3. The molecule has 152 valence electrons. The molecule has 0 aliphatic carbocycles. The zero-order chi connectivity index (χ0) is 20.3. The standard InChI is InChI=1S/C25H24BrN3O/c26-18-7-5-17(6-8-18)25(14-13-23(30)29-19-9-10-20(29)12-11-19)22-4-2-1-3-21(22)24-27-15-16-28(24)25/h1-8,15-16,19-20H,9-14H2/t19-,20-,25?. The molecular weight excluding hydrogens is 438 g/mol. The molecule has 0 saturated carbocycles. The van der Waals surface area contributed by atoms with Crippen molar-refractivity contribution in [3.8, 4) is 11.4 Å². The quantitative estimate of drug-likeness (QED) is 0.524. The molecule has 0 radical (unpaired) electrons. The molecule has 1 amide bonds. The van der Waals surface area contributed by atoms with E-state index in [-0.39, 0.29) is 0 Å². The SMILES string of the molecule is O=C(CCC1(c2ccc(Br)cc2)c2ccccc2-c2nccn21)N1[C@H]2CC[C@H]1CC2. The summed E-state index contributed by atoms with van der Waals surface area (Å²) in [7, 11) is 0. The first-order valence-corrected chi connectivity index (χ1v) is 11.7. The average molecular weight is 462 g/mol. The predicted molar refractivity (Wildman–Crippen MR) is 120 cm³/mol. The molecule has 2 aromatic carbocycles. The lowest BCUT2D eigenvalue weighted by molar-refractivity contribution is -0.132. The number of imidazole rings is 1. The lowest BCUT2D eigenvalue weighted by atomic mass is 9.79. The summed E-state index contributed by atoms with van der Waals surface area (Å²) in [6.07, 6.45) is 9.97. The maximum Gasteiger partial charge on any atom is 0.223 e. The number of benzene rings is 2. The molecule has 1 atom stereocenters. The van der Waals surface area contributed by atoms with Crippen molar-refractivity contribution in [3.63, 3.8) is 0 Å². The molecule has 0 N–H and O–H groups in total. The second kappa shape index (κ2) is 6.81. The molecular formula is C25H24BrN3O. The number of hydrogen-bond donors (Lipinski definition) is 0. The summed E-state index contributed by atoms with van der Waals surface area (Å²) in [5.74, 6) is 1.31. The van der Waals surface area contributed by atoms with E-state index >= 15 is 0 Å². The summed E-state index contributed by atoms with van der Waals surface area (Å²) < 4.78 is 3.34. The van der Waals surface area contributed by atoms with Gasteiger partial charge in [-0.05, 0) is 55.4 Å². The molecule has 2 saturated heterocycles. The van der Waals surface area contributed by atoms with Crippen molar-refractivity contribution < 1.29 is 4.79 Å². The fourth-order valence-electron chi connectivity index (χ4n) is 6.14. The van der Waals surface area contributed by atoms with Gasteiger partial charge in [-0.3, -0.25) is 4.79 Å². The third kappa shape index (κ3) is 2.51. The highest BCUT2D eigenvalue weighted by Gasteiger charge is 2.47. The van der Waals surface area contributed by atoms with Crippen LogP contribution in [0.4, 0.5) is 0 Å². The summed E-state index contributed by atoms with van der Waals surface area (Å²) in [5, 5.41) is 0. The Morgan fingerprint density at radius 2 is 1.73 bits per heavy atom. The van der Waals surface area contributed by atoms with Gasteiger partial charge in [0.05, 0.1) is 5.54 Å². The Hall–Kier alpha value is -2.40. The molecule has 5 heteroatoms. The lowest BCUT2D eigenvalue weighted by Gasteiger charge is -2.34. The van der Waals surface area contributed by atoms with Crippen molar-refractivity contribution in [1.29, 1.82) is 0 Å². The van der Waals surface area contributed by atoms with Crippen LogP contribution in [0.2, 0.25) is 0 Å². The minimum absolute atomic E-state index is 0.322. The first-order valence-electron chi connectivity index (χ1n) is 10.9. The number of hydrogen-bond acceptors (Lipinski definition) is 2. The number of carbonyl (C=O) groups is 1. The van der Waals surface area contributed by atoms with Crippen molar-refractivity contribution in [2.75, 3.05) is 0 Å². The first-order chi connectivity index (χ1) is 14.7. The molecule has 3 aliphatic rings. The monoisotopic (exact) mass is 461 g/mol. The van der Waals surface area contributed by atoms with Gasteiger partial charge in [-0.2, -0.15) is 0 Å². The Morgan fingerprint density at radius 1 is 1.03 bits per heavy atom. The third-order valence-corrected chi connectivity index (χ3v) is 7.96. The van der Waals surface area contributed by atoms with E-state index in [4.69, 9.17) is 0 Å². The van der Waals surface area contributed by atoms with Gasteiger partial charge in [-0.1, -0.05) is 52.3 Å². The highest BCUT2D eigenvalue weighted by atomic mass is 79.9. The summed E-state index contributed by atoms with van der Waals surface area (Å²) in [6.45, 7) is 0. The first kappa shape index (κ1) is 18.4. The molecule has 3 aliphatic heterocycles. The smallest absolute Gasteiger partial charge is 0.223 e. The van der Waals surface area contributed by atoms with Crippen LogP contribution in [0.15, 0.2) is 65.4 Å². The van der Waals surface area contributed by atoms with Gasteiger partial charge in [-0.25, -0.2) is 4.98 Å². The minimum atomic E-state index is -0.405. The fraction of sp³-hybridized carbons (Fsp3) is 0.360. The molecule has 2 fully saturated rings.